The van der Waals surface area contributed by atoms with E-state index in [0.717, 1.165) is 21.4 Å². The van der Waals surface area contributed by atoms with Crippen LogP contribution in [-0.2, 0) is 11.3 Å². The molecule has 146 valence electrons. The number of aryl methyl sites for hydroxylation is 1. The molecular formula is C19H20BrN5O3. The minimum atomic E-state index is -1.08. The van der Waals surface area contributed by atoms with Crippen LogP contribution < -0.4 is 5.32 Å². The molecule has 0 saturated carbocycles. The predicted molar refractivity (Wildman–Crippen MR) is 107 cm³/mol. The Balaban J connectivity index is 1.72. The van der Waals surface area contributed by atoms with Gasteiger partial charge in [0, 0.05) is 11.9 Å². The first kappa shape index (κ1) is 19.8. The number of nitrogens with one attached hydrogen (secondary N) is 1. The minimum Gasteiger partial charge on any atom is -0.478 e. The number of hydrogen-bond donors (Lipinski definition) is 2. The SMILES string of the molecule is Cc1nn(Cc2cccc(NC(=O)C(C)n3cc(C(=O)O)cn3)c2)c(C)c1Br. The van der Waals surface area contributed by atoms with Crippen molar-refractivity contribution in [1.29, 1.82) is 0 Å². The molecule has 3 rings (SSSR count). The molecule has 0 aliphatic rings. The van der Waals surface area contributed by atoms with Crippen LogP contribution in [0.4, 0.5) is 5.69 Å². The number of halogens is 1. The zero-order chi connectivity index (χ0) is 20.4. The Morgan fingerprint density at radius 3 is 2.68 bits per heavy atom. The Labute approximate surface area is 170 Å². The molecular weight excluding hydrogens is 426 g/mol. The van der Waals surface area contributed by atoms with Crippen LogP contribution in [0.3, 0.4) is 0 Å². The van der Waals surface area contributed by atoms with Crippen LogP contribution in [0, 0.1) is 13.8 Å². The molecule has 2 heterocycles. The number of amides is 1. The highest BCUT2D eigenvalue weighted by Gasteiger charge is 2.18. The van der Waals surface area contributed by atoms with Gasteiger partial charge in [0.1, 0.15) is 6.04 Å². The second-order valence-electron chi connectivity index (χ2n) is 6.52. The van der Waals surface area contributed by atoms with E-state index in [1.165, 1.54) is 17.1 Å². The van der Waals surface area contributed by atoms with E-state index in [1.807, 2.05) is 36.7 Å². The lowest BCUT2D eigenvalue weighted by molar-refractivity contribution is -0.119. The number of aromatic nitrogens is 4. The molecule has 1 unspecified atom stereocenters. The summed E-state index contributed by atoms with van der Waals surface area (Å²) in [6, 6.07) is 6.88. The molecule has 0 aliphatic heterocycles. The van der Waals surface area contributed by atoms with Gasteiger partial charge in [-0.05, 0) is 54.4 Å². The van der Waals surface area contributed by atoms with Crippen LogP contribution in [0.5, 0.6) is 0 Å². The average Bonchev–Trinajstić information content (AvgIpc) is 3.24. The third-order valence-corrected chi connectivity index (χ3v) is 5.59. The largest absolute Gasteiger partial charge is 0.478 e. The maximum absolute atomic E-state index is 12.5. The van der Waals surface area contributed by atoms with Gasteiger partial charge in [-0.2, -0.15) is 10.2 Å². The maximum atomic E-state index is 12.5. The summed E-state index contributed by atoms with van der Waals surface area (Å²) >= 11 is 3.52. The number of rotatable bonds is 6. The van der Waals surface area contributed by atoms with E-state index >= 15 is 0 Å². The van der Waals surface area contributed by atoms with Crippen molar-refractivity contribution < 1.29 is 14.7 Å². The van der Waals surface area contributed by atoms with Gasteiger partial charge in [0.15, 0.2) is 0 Å². The second kappa shape index (κ2) is 7.97. The van der Waals surface area contributed by atoms with E-state index in [4.69, 9.17) is 5.11 Å². The number of carboxylic acid groups (broad SMARTS) is 1. The van der Waals surface area contributed by atoms with Crippen molar-refractivity contribution >= 4 is 33.5 Å². The fraction of sp³-hybridized carbons (Fsp3) is 0.263. The summed E-state index contributed by atoms with van der Waals surface area (Å²) in [6.07, 6.45) is 2.56. The third-order valence-electron chi connectivity index (χ3n) is 4.44. The number of carbonyl (C=O) groups is 2. The molecule has 2 N–H and O–H groups in total. The van der Waals surface area contributed by atoms with Gasteiger partial charge in [-0.15, -0.1) is 0 Å². The zero-order valence-corrected chi connectivity index (χ0v) is 17.3. The number of benzene rings is 1. The standard InChI is InChI=1S/C19H20BrN5O3/c1-11-17(20)12(2)25(23-11)9-14-5-4-6-16(7-14)22-18(26)13(3)24-10-15(8-21-24)19(27)28/h4-8,10,13H,9H2,1-3H3,(H,22,26)(H,27,28). The Morgan fingerprint density at radius 2 is 2.07 bits per heavy atom. The van der Waals surface area contributed by atoms with Gasteiger partial charge in [0.05, 0.1) is 34.2 Å². The molecule has 0 aliphatic carbocycles. The summed E-state index contributed by atoms with van der Waals surface area (Å²) in [5, 5.41) is 20.3. The van der Waals surface area contributed by atoms with Crippen molar-refractivity contribution in [3.8, 4) is 0 Å². The fourth-order valence-electron chi connectivity index (χ4n) is 2.78. The van der Waals surface area contributed by atoms with Crippen molar-refractivity contribution in [3.63, 3.8) is 0 Å². The van der Waals surface area contributed by atoms with E-state index in [2.05, 4.69) is 31.4 Å². The van der Waals surface area contributed by atoms with E-state index in [1.54, 1.807) is 13.0 Å². The van der Waals surface area contributed by atoms with E-state index in [9.17, 15) is 9.59 Å². The van der Waals surface area contributed by atoms with Gasteiger partial charge in [0.2, 0.25) is 5.91 Å². The van der Waals surface area contributed by atoms with Gasteiger partial charge < -0.3 is 10.4 Å². The van der Waals surface area contributed by atoms with Crippen LogP contribution in [0.15, 0.2) is 41.1 Å². The summed E-state index contributed by atoms with van der Waals surface area (Å²) in [4.78, 5) is 23.5. The Morgan fingerprint density at radius 1 is 1.32 bits per heavy atom. The second-order valence-corrected chi connectivity index (χ2v) is 7.32. The number of carboxylic acids is 1. The molecule has 1 aromatic carbocycles. The van der Waals surface area contributed by atoms with E-state index < -0.39 is 12.0 Å². The Hall–Kier alpha value is -2.94. The van der Waals surface area contributed by atoms with Crippen LogP contribution >= 0.6 is 15.9 Å². The number of hydrogen-bond acceptors (Lipinski definition) is 4. The normalized spacial score (nSPS) is 12.0. The Bertz CT molecular complexity index is 1040. The monoisotopic (exact) mass is 445 g/mol. The first-order valence-electron chi connectivity index (χ1n) is 8.63. The molecule has 0 bridgehead atoms. The number of anilines is 1. The highest BCUT2D eigenvalue weighted by atomic mass is 79.9. The smallest absolute Gasteiger partial charge is 0.338 e. The lowest BCUT2D eigenvalue weighted by atomic mass is 10.2. The first-order chi connectivity index (χ1) is 13.3. The molecule has 0 spiro atoms. The molecule has 1 amide bonds. The molecule has 0 radical (unpaired) electrons. The number of nitrogens with zero attached hydrogens (tertiary/aromatic N) is 4. The molecule has 3 aromatic rings. The highest BCUT2D eigenvalue weighted by molar-refractivity contribution is 9.10. The molecule has 1 atom stereocenters. The number of aromatic carboxylic acids is 1. The minimum absolute atomic E-state index is 0.0395. The topological polar surface area (TPSA) is 102 Å². The van der Waals surface area contributed by atoms with Gasteiger partial charge in [-0.1, -0.05) is 12.1 Å². The zero-order valence-electron chi connectivity index (χ0n) is 15.7. The van der Waals surface area contributed by atoms with Gasteiger partial charge >= 0.3 is 5.97 Å². The summed E-state index contributed by atoms with van der Waals surface area (Å²) in [7, 11) is 0. The first-order valence-corrected chi connectivity index (χ1v) is 9.42. The summed E-state index contributed by atoms with van der Waals surface area (Å²) in [5.41, 5.74) is 3.65. The van der Waals surface area contributed by atoms with E-state index in [0.29, 0.717) is 12.2 Å². The predicted octanol–water partition coefficient (Wildman–Crippen LogP) is 3.41. The van der Waals surface area contributed by atoms with Crippen LogP contribution in [0.25, 0.3) is 0 Å². The highest BCUT2D eigenvalue weighted by Crippen LogP contribution is 2.21. The number of carbonyl (C=O) groups excluding carboxylic acids is 1. The van der Waals surface area contributed by atoms with Crippen molar-refractivity contribution in [2.75, 3.05) is 5.32 Å². The third kappa shape index (κ3) is 4.14. The Kier molecular flexibility index (Phi) is 5.64. The van der Waals surface area contributed by atoms with E-state index in [-0.39, 0.29) is 11.5 Å². The van der Waals surface area contributed by atoms with Crippen LogP contribution in [0.2, 0.25) is 0 Å². The summed E-state index contributed by atoms with van der Waals surface area (Å²) in [5.74, 6) is -1.37. The lowest BCUT2D eigenvalue weighted by Gasteiger charge is -2.13. The quantitative estimate of drug-likeness (QED) is 0.605. The van der Waals surface area contributed by atoms with Gasteiger partial charge in [0.25, 0.3) is 0 Å². The van der Waals surface area contributed by atoms with Crippen molar-refractivity contribution in [1.82, 2.24) is 19.6 Å². The van der Waals surface area contributed by atoms with Crippen molar-refractivity contribution in [3.05, 3.63) is 63.6 Å². The molecule has 0 fully saturated rings. The van der Waals surface area contributed by atoms with Crippen LogP contribution in [0.1, 0.15) is 40.3 Å². The molecule has 9 heteroatoms. The van der Waals surface area contributed by atoms with Gasteiger partial charge in [-0.3, -0.25) is 14.2 Å². The van der Waals surface area contributed by atoms with Crippen molar-refractivity contribution in [2.24, 2.45) is 0 Å². The molecule has 0 saturated heterocycles. The average molecular weight is 446 g/mol. The molecule has 8 nitrogen and oxygen atoms in total. The molecule has 2 aromatic heterocycles. The lowest BCUT2D eigenvalue weighted by Crippen LogP contribution is -2.24. The summed E-state index contributed by atoms with van der Waals surface area (Å²) in [6.45, 7) is 6.17. The maximum Gasteiger partial charge on any atom is 0.338 e. The van der Waals surface area contributed by atoms with Crippen LogP contribution in [-0.4, -0.2) is 36.5 Å². The molecule has 28 heavy (non-hydrogen) atoms. The summed E-state index contributed by atoms with van der Waals surface area (Å²) < 4.78 is 4.22. The van der Waals surface area contributed by atoms with Crippen molar-refractivity contribution in [2.45, 2.75) is 33.4 Å². The van der Waals surface area contributed by atoms with Gasteiger partial charge in [-0.25, -0.2) is 4.79 Å². The fourth-order valence-corrected chi connectivity index (χ4v) is 3.06.